The van der Waals surface area contributed by atoms with Crippen LogP contribution in [0.3, 0.4) is 0 Å². The molecule has 0 spiro atoms. The van der Waals surface area contributed by atoms with Gasteiger partial charge < -0.3 is 24.6 Å². The zero-order valence-electron chi connectivity index (χ0n) is 15.0. The number of methoxy groups -OCH3 is 1. The second kappa shape index (κ2) is 9.22. The van der Waals surface area contributed by atoms with E-state index in [1.165, 1.54) is 13.2 Å². The number of nitrogens with zero attached hydrogens (tertiary/aromatic N) is 1. The van der Waals surface area contributed by atoms with E-state index in [1.807, 2.05) is 0 Å². The third-order valence-corrected chi connectivity index (χ3v) is 4.05. The summed E-state index contributed by atoms with van der Waals surface area (Å²) in [7, 11) is 1.24. The summed E-state index contributed by atoms with van der Waals surface area (Å²) in [6.45, 7) is 1.00. The lowest BCUT2D eigenvalue weighted by Crippen LogP contribution is -2.35. The summed E-state index contributed by atoms with van der Waals surface area (Å²) >= 11 is 3.31. The maximum absolute atomic E-state index is 12.2. The van der Waals surface area contributed by atoms with Crippen molar-refractivity contribution in [3.8, 4) is 11.5 Å². The Hall–Kier alpha value is -3.08. The molecule has 1 aliphatic rings. The number of carboxylic acid groups (broad SMARTS) is 1. The molecule has 2 N–H and O–H groups in total. The van der Waals surface area contributed by atoms with Gasteiger partial charge in [0, 0.05) is 0 Å². The van der Waals surface area contributed by atoms with Crippen LogP contribution >= 0.6 is 15.9 Å². The minimum absolute atomic E-state index is 0.0798. The summed E-state index contributed by atoms with van der Waals surface area (Å²) in [6.07, 6.45) is 1.37. The number of hydrogen-bond acceptors (Lipinski definition) is 7. The molecule has 0 radical (unpaired) electrons. The molecule has 1 fully saturated rings. The first-order chi connectivity index (χ1) is 13.3. The first kappa shape index (κ1) is 21.2. The van der Waals surface area contributed by atoms with E-state index in [2.05, 4.69) is 26.0 Å². The van der Waals surface area contributed by atoms with Crippen LogP contribution < -0.4 is 14.8 Å². The van der Waals surface area contributed by atoms with Gasteiger partial charge in [-0.3, -0.25) is 9.59 Å². The van der Waals surface area contributed by atoms with E-state index in [1.54, 1.807) is 19.1 Å². The molecule has 0 atom stereocenters. The quantitative estimate of drug-likeness (QED) is 0.340. The summed E-state index contributed by atoms with van der Waals surface area (Å²) in [4.78, 5) is 46.7. The van der Waals surface area contributed by atoms with E-state index < -0.39 is 30.4 Å². The molecule has 0 aromatic heterocycles. The zero-order chi connectivity index (χ0) is 20.8. The van der Waals surface area contributed by atoms with Gasteiger partial charge in [0.1, 0.15) is 12.2 Å². The lowest BCUT2D eigenvalue weighted by atomic mass is 10.1. The van der Waals surface area contributed by atoms with E-state index in [-0.39, 0.29) is 18.1 Å². The fourth-order valence-corrected chi connectivity index (χ4v) is 2.86. The Bertz CT molecular complexity index is 852. The van der Waals surface area contributed by atoms with Crippen molar-refractivity contribution in [1.29, 1.82) is 0 Å². The highest BCUT2D eigenvalue weighted by molar-refractivity contribution is 9.10. The largest absolute Gasteiger partial charge is 0.490 e. The molecule has 1 aromatic rings. The molecule has 150 valence electrons. The molecule has 1 aliphatic heterocycles. The highest BCUT2D eigenvalue weighted by Gasteiger charge is 2.34. The number of aliphatic carboxylic acids is 1. The molecule has 2 rings (SSSR count). The number of hydrogen-bond donors (Lipinski definition) is 2. The molecule has 0 aliphatic carbocycles. The molecule has 3 amide bonds. The molecule has 10 nitrogen and oxygen atoms in total. The number of carboxylic acids is 1. The molecule has 28 heavy (non-hydrogen) atoms. The summed E-state index contributed by atoms with van der Waals surface area (Å²) in [5, 5.41) is 11.1. The number of ether oxygens (including phenoxy) is 3. The van der Waals surface area contributed by atoms with Crippen molar-refractivity contribution in [2.24, 2.45) is 0 Å². The fourth-order valence-electron chi connectivity index (χ4n) is 2.28. The van der Waals surface area contributed by atoms with E-state index in [0.29, 0.717) is 27.3 Å². The van der Waals surface area contributed by atoms with Crippen LogP contribution in [-0.2, 0) is 19.1 Å². The van der Waals surface area contributed by atoms with Crippen LogP contribution in [-0.4, -0.2) is 60.8 Å². The Kier molecular flexibility index (Phi) is 6.99. The van der Waals surface area contributed by atoms with E-state index in [0.717, 1.165) is 0 Å². The van der Waals surface area contributed by atoms with Crippen molar-refractivity contribution in [1.82, 2.24) is 10.2 Å². The number of carbonyl (C=O) groups excluding carboxylic acids is 3. The maximum Gasteiger partial charge on any atom is 0.343 e. The number of nitrogens with one attached hydrogen (secondary N) is 1. The first-order valence-electron chi connectivity index (χ1n) is 7.99. The smallest absolute Gasteiger partial charge is 0.343 e. The van der Waals surface area contributed by atoms with Crippen LogP contribution in [0.15, 0.2) is 22.3 Å². The summed E-state index contributed by atoms with van der Waals surface area (Å²) < 4.78 is 15.9. The predicted octanol–water partition coefficient (Wildman–Crippen LogP) is 1.38. The van der Waals surface area contributed by atoms with Crippen molar-refractivity contribution >= 4 is 45.9 Å². The van der Waals surface area contributed by atoms with Crippen molar-refractivity contribution in [3.63, 3.8) is 0 Å². The Morgan fingerprint density at radius 2 is 2.00 bits per heavy atom. The SMILES string of the molecule is CCOc1cc(/C=C2/NC(=O)N(CC(=O)O)C2=O)cc(Br)c1OCC(=O)OC. The number of esters is 1. The zero-order valence-corrected chi connectivity index (χ0v) is 16.6. The van der Waals surface area contributed by atoms with Gasteiger partial charge in [-0.25, -0.2) is 14.5 Å². The van der Waals surface area contributed by atoms with Gasteiger partial charge in [0.25, 0.3) is 5.91 Å². The number of urea groups is 1. The van der Waals surface area contributed by atoms with E-state index in [4.69, 9.17) is 14.6 Å². The standard InChI is InChI=1S/C17H17BrN2O8/c1-3-27-12-6-9(4-10(18)15(12)28-8-14(23)26-2)5-11-16(24)20(7-13(21)22)17(25)19-11/h4-6H,3,7-8H2,1-2H3,(H,19,25)(H,21,22)/b11-5+. The molecule has 1 aromatic carbocycles. The van der Waals surface area contributed by atoms with Gasteiger partial charge >= 0.3 is 18.0 Å². The normalized spacial score (nSPS) is 14.8. The molecule has 0 unspecified atom stereocenters. The van der Waals surface area contributed by atoms with Crippen LogP contribution in [0.5, 0.6) is 11.5 Å². The summed E-state index contributed by atoms with van der Waals surface area (Å²) in [6, 6.07) is 2.31. The lowest BCUT2D eigenvalue weighted by Gasteiger charge is -2.14. The van der Waals surface area contributed by atoms with Crippen molar-refractivity contribution in [2.75, 3.05) is 26.9 Å². The van der Waals surface area contributed by atoms with Gasteiger partial charge in [0.2, 0.25) is 0 Å². The van der Waals surface area contributed by atoms with Gasteiger partial charge in [-0.15, -0.1) is 0 Å². The first-order valence-corrected chi connectivity index (χ1v) is 8.78. The molecule has 1 saturated heterocycles. The fraction of sp³-hybridized carbons (Fsp3) is 0.294. The number of imide groups is 1. The number of rotatable bonds is 8. The Morgan fingerprint density at radius 3 is 2.61 bits per heavy atom. The molecule has 0 saturated carbocycles. The number of benzene rings is 1. The van der Waals surface area contributed by atoms with Crippen LogP contribution in [0.4, 0.5) is 4.79 Å². The van der Waals surface area contributed by atoms with Crippen molar-refractivity contribution in [2.45, 2.75) is 6.92 Å². The number of carbonyl (C=O) groups is 4. The van der Waals surface area contributed by atoms with Crippen LogP contribution in [0, 0.1) is 0 Å². The Morgan fingerprint density at radius 1 is 1.29 bits per heavy atom. The van der Waals surface area contributed by atoms with Crippen LogP contribution in [0.1, 0.15) is 12.5 Å². The second-order valence-corrected chi connectivity index (χ2v) is 6.26. The highest BCUT2D eigenvalue weighted by atomic mass is 79.9. The number of halogens is 1. The topological polar surface area (TPSA) is 131 Å². The van der Waals surface area contributed by atoms with E-state index in [9.17, 15) is 19.2 Å². The molecule has 0 bridgehead atoms. The molecule has 11 heteroatoms. The monoisotopic (exact) mass is 456 g/mol. The minimum Gasteiger partial charge on any atom is -0.490 e. The molecular weight excluding hydrogens is 440 g/mol. The summed E-state index contributed by atoms with van der Waals surface area (Å²) in [5.74, 6) is -2.07. The van der Waals surface area contributed by atoms with Crippen molar-refractivity contribution < 1.29 is 38.5 Å². The molecular formula is C17H17BrN2O8. The van der Waals surface area contributed by atoms with Crippen LogP contribution in [0.2, 0.25) is 0 Å². The second-order valence-electron chi connectivity index (χ2n) is 5.40. The average Bonchev–Trinajstić information content (AvgIpc) is 2.88. The van der Waals surface area contributed by atoms with E-state index >= 15 is 0 Å². The highest BCUT2D eigenvalue weighted by Crippen LogP contribution is 2.37. The minimum atomic E-state index is -1.31. The van der Waals surface area contributed by atoms with Gasteiger partial charge in [-0.2, -0.15) is 0 Å². The average molecular weight is 457 g/mol. The maximum atomic E-state index is 12.2. The number of amides is 3. The van der Waals surface area contributed by atoms with Gasteiger partial charge in [0.05, 0.1) is 18.2 Å². The van der Waals surface area contributed by atoms with Gasteiger partial charge in [-0.05, 0) is 46.6 Å². The molecule has 1 heterocycles. The Labute approximate surface area is 168 Å². The third kappa shape index (κ3) is 5.00. The van der Waals surface area contributed by atoms with Gasteiger partial charge in [0.15, 0.2) is 18.1 Å². The van der Waals surface area contributed by atoms with Crippen LogP contribution in [0.25, 0.3) is 6.08 Å². The van der Waals surface area contributed by atoms with Gasteiger partial charge in [-0.1, -0.05) is 0 Å². The lowest BCUT2D eigenvalue weighted by molar-refractivity contribution is -0.143. The predicted molar refractivity (Wildman–Crippen MR) is 98.7 cm³/mol. The third-order valence-electron chi connectivity index (χ3n) is 3.46. The Balaban J connectivity index is 2.32. The van der Waals surface area contributed by atoms with Crippen molar-refractivity contribution in [3.05, 3.63) is 27.9 Å². The summed E-state index contributed by atoms with van der Waals surface area (Å²) in [5.41, 5.74) is 0.394.